The lowest BCUT2D eigenvalue weighted by Gasteiger charge is -2.32. The Kier molecular flexibility index (Phi) is 6.49. The van der Waals surface area contributed by atoms with Gasteiger partial charge < -0.3 is 15.0 Å². The van der Waals surface area contributed by atoms with Gasteiger partial charge >= 0.3 is 0 Å². The Bertz CT molecular complexity index is 1070. The molecule has 1 fully saturated rings. The van der Waals surface area contributed by atoms with Crippen LogP contribution in [0, 0.1) is 6.92 Å². The second-order valence-corrected chi connectivity index (χ2v) is 7.88. The fraction of sp³-hybridized carbons (Fsp3) is 0.333. The number of aryl methyl sites for hydroxylation is 1. The molecule has 0 saturated carbocycles. The van der Waals surface area contributed by atoms with E-state index in [9.17, 15) is 9.59 Å². The van der Waals surface area contributed by atoms with E-state index in [0.29, 0.717) is 38.1 Å². The fourth-order valence-corrected chi connectivity index (χ4v) is 3.72. The van der Waals surface area contributed by atoms with Crippen molar-refractivity contribution in [1.29, 1.82) is 0 Å². The molecule has 0 unspecified atom stereocenters. The summed E-state index contributed by atoms with van der Waals surface area (Å²) < 4.78 is 7.02. The summed E-state index contributed by atoms with van der Waals surface area (Å²) in [4.78, 5) is 27.2. The number of piperidine rings is 1. The number of benzene rings is 2. The van der Waals surface area contributed by atoms with Crippen molar-refractivity contribution in [1.82, 2.24) is 25.2 Å². The summed E-state index contributed by atoms with van der Waals surface area (Å²) >= 11 is 0. The number of carbonyl (C=O) groups excluding carboxylic acids is 2. The number of likely N-dealkylation sites (tertiary alicyclic amines) is 1. The van der Waals surface area contributed by atoms with Gasteiger partial charge in [-0.15, -0.1) is 5.10 Å². The smallest absolute Gasteiger partial charge is 0.273 e. The molecule has 1 N–H and O–H groups in total. The number of aromatic nitrogens is 3. The molecule has 4 rings (SSSR count). The van der Waals surface area contributed by atoms with Gasteiger partial charge in [0, 0.05) is 24.7 Å². The molecule has 1 aliphatic rings. The monoisotopic (exact) mass is 433 g/mol. The Morgan fingerprint density at radius 2 is 1.75 bits per heavy atom. The van der Waals surface area contributed by atoms with Gasteiger partial charge in [-0.25, -0.2) is 4.68 Å². The highest BCUT2D eigenvalue weighted by atomic mass is 16.5. The van der Waals surface area contributed by atoms with E-state index in [4.69, 9.17) is 4.74 Å². The first-order valence-corrected chi connectivity index (χ1v) is 10.9. The van der Waals surface area contributed by atoms with Crippen molar-refractivity contribution >= 4 is 11.8 Å². The molecule has 0 atom stereocenters. The minimum Gasteiger partial charge on any atom is -0.494 e. The Morgan fingerprint density at radius 1 is 1.06 bits per heavy atom. The molecule has 8 nitrogen and oxygen atoms in total. The molecule has 2 aromatic carbocycles. The topological polar surface area (TPSA) is 89.4 Å². The standard InChI is InChI=1S/C24H27N5O3/c1-3-32-21-10-6-18(7-11-21)24(31)28-14-12-19(13-15-28)25-23(30)22-16-29(27-26-22)20-8-4-17(2)5-9-20/h4-11,16,19H,3,12-15H2,1-2H3,(H,25,30). The maximum Gasteiger partial charge on any atom is 0.273 e. The molecule has 166 valence electrons. The highest BCUT2D eigenvalue weighted by molar-refractivity contribution is 5.94. The molecule has 0 radical (unpaired) electrons. The molecule has 1 aromatic heterocycles. The number of hydrogen-bond acceptors (Lipinski definition) is 5. The van der Waals surface area contributed by atoms with Gasteiger partial charge in [0.2, 0.25) is 0 Å². The minimum atomic E-state index is -0.250. The van der Waals surface area contributed by atoms with Crippen LogP contribution in [0.2, 0.25) is 0 Å². The fourth-order valence-electron chi connectivity index (χ4n) is 3.72. The van der Waals surface area contributed by atoms with E-state index in [1.54, 1.807) is 23.0 Å². The molecule has 3 aromatic rings. The van der Waals surface area contributed by atoms with Gasteiger partial charge in [0.05, 0.1) is 18.5 Å². The third kappa shape index (κ3) is 4.96. The van der Waals surface area contributed by atoms with E-state index in [0.717, 1.165) is 17.0 Å². The molecule has 0 spiro atoms. The molecular formula is C24H27N5O3. The van der Waals surface area contributed by atoms with Gasteiger partial charge in [-0.05, 0) is 63.1 Å². The minimum absolute atomic E-state index is 0.00105. The number of nitrogens with zero attached hydrogens (tertiary/aromatic N) is 4. The van der Waals surface area contributed by atoms with Crippen molar-refractivity contribution in [2.24, 2.45) is 0 Å². The number of rotatable bonds is 6. The number of nitrogens with one attached hydrogen (secondary N) is 1. The first-order valence-electron chi connectivity index (χ1n) is 10.9. The number of hydrogen-bond donors (Lipinski definition) is 1. The quantitative estimate of drug-likeness (QED) is 0.646. The maximum absolute atomic E-state index is 12.8. The zero-order valence-corrected chi connectivity index (χ0v) is 18.3. The van der Waals surface area contributed by atoms with Crippen molar-refractivity contribution < 1.29 is 14.3 Å². The summed E-state index contributed by atoms with van der Waals surface area (Å²) in [5.74, 6) is 0.503. The average Bonchev–Trinajstić information content (AvgIpc) is 3.31. The molecule has 0 aliphatic carbocycles. The first kappa shape index (κ1) is 21.5. The second-order valence-electron chi connectivity index (χ2n) is 7.88. The predicted molar refractivity (Wildman–Crippen MR) is 120 cm³/mol. The van der Waals surface area contributed by atoms with Crippen LogP contribution in [-0.2, 0) is 0 Å². The molecule has 2 heterocycles. The third-order valence-electron chi connectivity index (χ3n) is 5.55. The molecular weight excluding hydrogens is 406 g/mol. The van der Waals surface area contributed by atoms with Crippen LogP contribution in [-0.4, -0.2) is 57.4 Å². The van der Waals surface area contributed by atoms with Crippen LogP contribution in [0.25, 0.3) is 5.69 Å². The van der Waals surface area contributed by atoms with Gasteiger partial charge in [0.15, 0.2) is 5.69 Å². The van der Waals surface area contributed by atoms with Crippen LogP contribution in [0.5, 0.6) is 5.75 Å². The van der Waals surface area contributed by atoms with Crippen LogP contribution >= 0.6 is 0 Å². The molecule has 0 bridgehead atoms. The third-order valence-corrected chi connectivity index (χ3v) is 5.55. The Morgan fingerprint density at radius 3 is 2.41 bits per heavy atom. The number of ether oxygens (including phenoxy) is 1. The van der Waals surface area contributed by atoms with E-state index in [-0.39, 0.29) is 23.6 Å². The van der Waals surface area contributed by atoms with Crippen LogP contribution in [0.15, 0.2) is 54.7 Å². The second kappa shape index (κ2) is 9.64. The Hall–Kier alpha value is -3.68. The van der Waals surface area contributed by atoms with Crippen molar-refractivity contribution in [3.63, 3.8) is 0 Å². The average molecular weight is 434 g/mol. The summed E-state index contributed by atoms with van der Waals surface area (Å²) in [6.45, 7) is 5.71. The number of carbonyl (C=O) groups is 2. The normalized spacial score (nSPS) is 14.2. The maximum atomic E-state index is 12.8. The van der Waals surface area contributed by atoms with E-state index >= 15 is 0 Å². The van der Waals surface area contributed by atoms with Crippen LogP contribution < -0.4 is 10.1 Å². The summed E-state index contributed by atoms with van der Waals surface area (Å²) in [7, 11) is 0. The van der Waals surface area contributed by atoms with Crippen molar-refractivity contribution in [3.8, 4) is 11.4 Å². The highest BCUT2D eigenvalue weighted by Crippen LogP contribution is 2.17. The van der Waals surface area contributed by atoms with Gasteiger partial charge in [-0.2, -0.15) is 0 Å². The predicted octanol–water partition coefficient (Wildman–Crippen LogP) is 3.01. The SMILES string of the molecule is CCOc1ccc(C(=O)N2CCC(NC(=O)c3cn(-c4ccc(C)cc4)nn3)CC2)cc1. The molecule has 8 heteroatoms. The summed E-state index contributed by atoms with van der Waals surface area (Å²) in [6, 6.07) is 15.0. The lowest BCUT2D eigenvalue weighted by atomic mass is 10.0. The largest absolute Gasteiger partial charge is 0.494 e. The van der Waals surface area contributed by atoms with Crippen molar-refractivity contribution in [2.45, 2.75) is 32.7 Å². The molecule has 1 aliphatic heterocycles. The van der Waals surface area contributed by atoms with E-state index in [1.165, 1.54) is 0 Å². The van der Waals surface area contributed by atoms with Crippen LogP contribution in [0.1, 0.15) is 46.2 Å². The zero-order chi connectivity index (χ0) is 22.5. The van der Waals surface area contributed by atoms with Crippen LogP contribution in [0.4, 0.5) is 0 Å². The molecule has 2 amide bonds. The summed E-state index contributed by atoms with van der Waals surface area (Å²) in [5.41, 5.74) is 2.92. The van der Waals surface area contributed by atoms with Gasteiger partial charge in [-0.1, -0.05) is 22.9 Å². The molecule has 32 heavy (non-hydrogen) atoms. The van der Waals surface area contributed by atoms with Crippen LogP contribution in [0.3, 0.4) is 0 Å². The van der Waals surface area contributed by atoms with Gasteiger partial charge in [0.25, 0.3) is 11.8 Å². The number of amides is 2. The van der Waals surface area contributed by atoms with Gasteiger partial charge in [0.1, 0.15) is 5.75 Å². The summed E-state index contributed by atoms with van der Waals surface area (Å²) in [5, 5.41) is 11.1. The zero-order valence-electron chi connectivity index (χ0n) is 18.3. The van der Waals surface area contributed by atoms with E-state index < -0.39 is 0 Å². The first-order chi connectivity index (χ1) is 15.5. The lowest BCUT2D eigenvalue weighted by Crippen LogP contribution is -2.46. The van der Waals surface area contributed by atoms with Crippen molar-refractivity contribution in [3.05, 3.63) is 71.5 Å². The summed E-state index contributed by atoms with van der Waals surface area (Å²) in [6.07, 6.45) is 3.02. The molecule has 1 saturated heterocycles. The van der Waals surface area contributed by atoms with Crippen molar-refractivity contribution in [2.75, 3.05) is 19.7 Å². The van der Waals surface area contributed by atoms with Gasteiger partial charge in [-0.3, -0.25) is 9.59 Å². The Labute approximate surface area is 187 Å². The van der Waals surface area contributed by atoms with E-state index in [1.807, 2.05) is 55.1 Å². The van der Waals surface area contributed by atoms with E-state index in [2.05, 4.69) is 15.6 Å². The lowest BCUT2D eigenvalue weighted by molar-refractivity contribution is 0.0697. The highest BCUT2D eigenvalue weighted by Gasteiger charge is 2.25. The Balaban J connectivity index is 1.29.